The maximum absolute atomic E-state index is 5.36. The van der Waals surface area contributed by atoms with E-state index in [1.807, 2.05) is 24.3 Å². The molecule has 0 amide bonds. The van der Waals surface area contributed by atoms with Gasteiger partial charge in [0.1, 0.15) is 0 Å². The van der Waals surface area contributed by atoms with Crippen LogP contribution in [0.5, 0.6) is 11.5 Å². The monoisotopic (exact) mass is 371 g/mol. The minimum atomic E-state index is -0.158. The maximum atomic E-state index is 5.36. The second-order valence-electron chi connectivity index (χ2n) is 3.76. The molecule has 0 spiro atoms. The van der Waals surface area contributed by atoms with E-state index >= 15 is 0 Å². The predicted molar refractivity (Wildman–Crippen MR) is 69.3 cm³/mol. The van der Waals surface area contributed by atoms with Crippen LogP contribution in [0.4, 0.5) is 0 Å². The first kappa shape index (κ1) is 14.1. The molecular weight excluding hydrogens is 355 g/mol. The van der Waals surface area contributed by atoms with Gasteiger partial charge in [0.05, 0.1) is 0 Å². The molecule has 0 atom stereocenters. The van der Waals surface area contributed by atoms with E-state index in [9.17, 15) is 0 Å². The standard InChI is InChI=1S/C15H16IO3/c1-17-11-19-15-9-5-13(6-10-15)16-12-3-7-14(18-2)8-4-12/h3-10H,11H2,1-2H3/q-1. The van der Waals surface area contributed by atoms with Gasteiger partial charge in [-0.3, -0.25) is 0 Å². The summed E-state index contributed by atoms with van der Waals surface area (Å²) in [4.78, 5) is 0. The number of hydrogen-bond donors (Lipinski definition) is 0. The van der Waals surface area contributed by atoms with Gasteiger partial charge in [-0.2, -0.15) is 0 Å². The molecule has 0 heterocycles. The van der Waals surface area contributed by atoms with E-state index in [4.69, 9.17) is 14.2 Å². The van der Waals surface area contributed by atoms with Crippen molar-refractivity contribution < 1.29 is 35.4 Å². The molecule has 0 aliphatic carbocycles. The number of halogens is 1. The summed E-state index contributed by atoms with van der Waals surface area (Å²) in [6.45, 7) is 0.285. The third-order valence-corrected chi connectivity index (χ3v) is 5.11. The van der Waals surface area contributed by atoms with E-state index in [1.165, 1.54) is 7.14 Å². The molecule has 3 nitrogen and oxygen atoms in total. The van der Waals surface area contributed by atoms with Crippen molar-refractivity contribution in [3.8, 4) is 11.5 Å². The van der Waals surface area contributed by atoms with Crippen LogP contribution in [-0.2, 0) is 4.74 Å². The van der Waals surface area contributed by atoms with E-state index in [1.54, 1.807) is 14.2 Å². The Labute approximate surface area is 123 Å². The van der Waals surface area contributed by atoms with E-state index in [0.717, 1.165) is 11.5 Å². The quantitative estimate of drug-likeness (QED) is 0.521. The Balaban J connectivity index is 1.98. The third kappa shape index (κ3) is 4.40. The van der Waals surface area contributed by atoms with Crippen LogP contribution in [-0.4, -0.2) is 21.0 Å². The van der Waals surface area contributed by atoms with Gasteiger partial charge in [-0.05, 0) is 0 Å². The summed E-state index contributed by atoms with van der Waals surface area (Å²) in [5.41, 5.74) is 0. The number of methoxy groups -OCH3 is 2. The van der Waals surface area contributed by atoms with E-state index < -0.39 is 0 Å². The summed E-state index contributed by atoms with van der Waals surface area (Å²) in [5.74, 6) is 1.74. The molecular formula is C15H16IO3-. The van der Waals surface area contributed by atoms with Gasteiger partial charge in [0.25, 0.3) is 0 Å². The third-order valence-electron chi connectivity index (χ3n) is 2.42. The number of benzene rings is 2. The molecule has 19 heavy (non-hydrogen) atoms. The van der Waals surface area contributed by atoms with Gasteiger partial charge in [-0.1, -0.05) is 0 Å². The SMILES string of the molecule is COCOc1ccc([I-]c2ccc(OC)cc2)cc1. The number of rotatable bonds is 6. The average Bonchev–Trinajstić information content (AvgIpc) is 2.47. The van der Waals surface area contributed by atoms with Crippen molar-refractivity contribution in [1.82, 2.24) is 0 Å². The molecule has 0 N–H and O–H groups in total. The molecule has 0 aromatic heterocycles. The first-order valence-corrected chi connectivity index (χ1v) is 7.98. The Morgan fingerprint density at radius 2 is 1.32 bits per heavy atom. The molecule has 2 aromatic carbocycles. The normalized spacial score (nSPS) is 10.4. The summed E-state index contributed by atoms with van der Waals surface area (Å²) in [6, 6.07) is 16.5. The van der Waals surface area contributed by atoms with Crippen LogP contribution < -0.4 is 30.7 Å². The molecule has 0 saturated heterocycles. The van der Waals surface area contributed by atoms with Crippen molar-refractivity contribution >= 4 is 0 Å². The van der Waals surface area contributed by atoms with Crippen molar-refractivity contribution in [2.24, 2.45) is 0 Å². The summed E-state index contributed by atoms with van der Waals surface area (Å²) in [7, 11) is 3.30. The Morgan fingerprint density at radius 3 is 1.79 bits per heavy atom. The molecule has 2 aromatic rings. The zero-order valence-corrected chi connectivity index (χ0v) is 13.1. The zero-order chi connectivity index (χ0) is 13.5. The fourth-order valence-electron chi connectivity index (χ4n) is 1.48. The first-order valence-electron chi connectivity index (χ1n) is 5.82. The van der Waals surface area contributed by atoms with E-state index in [2.05, 4.69) is 24.3 Å². The summed E-state index contributed by atoms with van der Waals surface area (Å²) >= 11 is -0.158. The molecule has 0 fully saturated rings. The minimum absolute atomic E-state index is 0.158. The molecule has 2 rings (SSSR count). The van der Waals surface area contributed by atoms with Crippen molar-refractivity contribution in [1.29, 1.82) is 0 Å². The molecule has 102 valence electrons. The van der Waals surface area contributed by atoms with Crippen molar-refractivity contribution in [2.75, 3.05) is 21.0 Å². The van der Waals surface area contributed by atoms with Crippen molar-refractivity contribution in [2.45, 2.75) is 0 Å². The van der Waals surface area contributed by atoms with Gasteiger partial charge in [-0.15, -0.1) is 0 Å². The number of ether oxygens (including phenoxy) is 3. The zero-order valence-electron chi connectivity index (χ0n) is 10.9. The van der Waals surface area contributed by atoms with E-state index in [-0.39, 0.29) is 28.0 Å². The van der Waals surface area contributed by atoms with Gasteiger partial charge >= 0.3 is 124 Å². The summed E-state index contributed by atoms with van der Waals surface area (Å²) in [5, 5.41) is 0. The van der Waals surface area contributed by atoms with Crippen molar-refractivity contribution in [3.63, 3.8) is 0 Å². The van der Waals surface area contributed by atoms with Crippen LogP contribution in [0.15, 0.2) is 48.5 Å². The van der Waals surface area contributed by atoms with Gasteiger partial charge in [-0.25, -0.2) is 0 Å². The molecule has 0 aliphatic rings. The van der Waals surface area contributed by atoms with Crippen LogP contribution in [0, 0.1) is 7.14 Å². The predicted octanol–water partition coefficient (Wildman–Crippen LogP) is -0.194. The van der Waals surface area contributed by atoms with Crippen LogP contribution in [0.2, 0.25) is 0 Å². The molecule has 4 heteroatoms. The molecule has 0 aliphatic heterocycles. The second-order valence-corrected chi connectivity index (χ2v) is 6.79. The molecule has 0 unspecified atom stereocenters. The summed E-state index contributed by atoms with van der Waals surface area (Å²) in [6.07, 6.45) is 0. The topological polar surface area (TPSA) is 27.7 Å². The van der Waals surface area contributed by atoms with E-state index in [0.29, 0.717) is 0 Å². The molecule has 0 radical (unpaired) electrons. The Morgan fingerprint density at radius 1 is 0.789 bits per heavy atom. The number of hydrogen-bond acceptors (Lipinski definition) is 3. The van der Waals surface area contributed by atoms with Crippen LogP contribution in [0.1, 0.15) is 0 Å². The van der Waals surface area contributed by atoms with Gasteiger partial charge < -0.3 is 0 Å². The summed E-state index contributed by atoms with van der Waals surface area (Å²) < 4.78 is 18.1. The van der Waals surface area contributed by atoms with Gasteiger partial charge in [0.15, 0.2) is 0 Å². The Kier molecular flexibility index (Phi) is 5.47. The van der Waals surface area contributed by atoms with Crippen molar-refractivity contribution in [3.05, 3.63) is 55.7 Å². The van der Waals surface area contributed by atoms with Gasteiger partial charge in [0, 0.05) is 0 Å². The Bertz CT molecular complexity index is 494. The fraction of sp³-hybridized carbons (Fsp3) is 0.200. The Hall–Kier alpha value is -1.27. The van der Waals surface area contributed by atoms with Crippen LogP contribution in [0.3, 0.4) is 0 Å². The first-order chi connectivity index (χ1) is 9.31. The average molecular weight is 371 g/mol. The van der Waals surface area contributed by atoms with Crippen LogP contribution >= 0.6 is 0 Å². The second kappa shape index (κ2) is 7.35. The molecule has 0 bridgehead atoms. The molecule has 0 saturated carbocycles. The fourth-order valence-corrected chi connectivity index (χ4v) is 3.64. The van der Waals surface area contributed by atoms with Crippen LogP contribution in [0.25, 0.3) is 0 Å². The van der Waals surface area contributed by atoms with Gasteiger partial charge in [0.2, 0.25) is 0 Å².